The van der Waals surface area contributed by atoms with E-state index in [1.807, 2.05) is 24.3 Å². The highest BCUT2D eigenvalue weighted by molar-refractivity contribution is 5.83. The molecule has 20 heavy (non-hydrogen) atoms. The molecule has 0 radical (unpaired) electrons. The molecule has 3 aromatic carbocycles. The van der Waals surface area contributed by atoms with Crippen molar-refractivity contribution in [2.75, 3.05) is 0 Å². The Morgan fingerprint density at radius 2 is 0.800 bits per heavy atom. The number of hydrogen-bond donors (Lipinski definition) is 0. The Morgan fingerprint density at radius 3 is 1.15 bits per heavy atom. The van der Waals surface area contributed by atoms with Gasteiger partial charge in [0.25, 0.3) is 0 Å². The maximum Gasteiger partial charge on any atom is 0.123 e. The first-order chi connectivity index (χ1) is 9.74. The van der Waals surface area contributed by atoms with E-state index in [0.717, 1.165) is 22.3 Å². The van der Waals surface area contributed by atoms with E-state index in [0.29, 0.717) is 0 Å². The van der Waals surface area contributed by atoms with Crippen LogP contribution in [0.25, 0.3) is 22.3 Å². The minimum Gasteiger partial charge on any atom is -0.207 e. The molecule has 0 bridgehead atoms. The van der Waals surface area contributed by atoms with Crippen molar-refractivity contribution in [2.24, 2.45) is 0 Å². The van der Waals surface area contributed by atoms with Crippen molar-refractivity contribution in [1.29, 1.82) is 0 Å². The predicted molar refractivity (Wildman–Crippen MR) is 77.2 cm³/mol. The lowest BCUT2D eigenvalue weighted by Crippen LogP contribution is -1.86. The quantitative estimate of drug-likeness (QED) is 0.590. The highest BCUT2D eigenvalue weighted by atomic mass is 19.1. The first-order valence-electron chi connectivity index (χ1n) is 6.35. The van der Waals surface area contributed by atoms with Gasteiger partial charge in [-0.1, -0.05) is 48.5 Å². The number of rotatable bonds is 2. The molecule has 0 spiro atoms. The molecule has 3 aromatic rings. The molecule has 2 heteroatoms. The molecule has 0 saturated carbocycles. The summed E-state index contributed by atoms with van der Waals surface area (Å²) in [6.45, 7) is 0. The molecule has 0 aromatic heterocycles. The molecule has 0 aliphatic rings. The largest absolute Gasteiger partial charge is 0.207 e. The van der Waals surface area contributed by atoms with E-state index in [4.69, 9.17) is 0 Å². The third-order valence-electron chi connectivity index (χ3n) is 3.24. The van der Waals surface area contributed by atoms with Crippen molar-refractivity contribution in [3.05, 3.63) is 84.4 Å². The van der Waals surface area contributed by atoms with Crippen LogP contribution < -0.4 is 0 Å². The second kappa shape index (κ2) is 5.25. The molecule has 0 unspecified atom stereocenters. The van der Waals surface area contributed by atoms with Gasteiger partial charge < -0.3 is 0 Å². The van der Waals surface area contributed by atoms with Gasteiger partial charge in [-0.05, 0) is 46.5 Å². The molecule has 3 rings (SSSR count). The van der Waals surface area contributed by atoms with E-state index < -0.39 is 0 Å². The summed E-state index contributed by atoms with van der Waals surface area (Å²) >= 11 is 0. The Balaban J connectivity index is 2.13. The van der Waals surface area contributed by atoms with Gasteiger partial charge in [-0.3, -0.25) is 0 Å². The van der Waals surface area contributed by atoms with Crippen LogP contribution in [0.15, 0.2) is 72.8 Å². The molecular weight excluding hydrogens is 254 g/mol. The summed E-state index contributed by atoms with van der Waals surface area (Å²) < 4.78 is 26.1. The van der Waals surface area contributed by atoms with E-state index in [2.05, 4.69) is 0 Å². The average Bonchev–Trinajstić information content (AvgIpc) is 2.49. The summed E-state index contributed by atoms with van der Waals surface area (Å²) in [5.74, 6) is -0.513. The van der Waals surface area contributed by atoms with E-state index in [1.54, 1.807) is 24.3 Å². The normalized spacial score (nSPS) is 10.5. The number of halogens is 2. The van der Waals surface area contributed by atoms with Crippen LogP contribution in [-0.2, 0) is 0 Å². The smallest absolute Gasteiger partial charge is 0.123 e. The van der Waals surface area contributed by atoms with Gasteiger partial charge in [0.1, 0.15) is 11.6 Å². The summed E-state index contributed by atoms with van der Waals surface area (Å²) in [7, 11) is 0. The van der Waals surface area contributed by atoms with Gasteiger partial charge in [0, 0.05) is 0 Å². The molecular formula is C18H12F2. The second-order valence-electron chi connectivity index (χ2n) is 4.56. The topological polar surface area (TPSA) is 0 Å². The first kappa shape index (κ1) is 12.5. The zero-order valence-electron chi connectivity index (χ0n) is 10.7. The van der Waals surface area contributed by atoms with E-state index >= 15 is 0 Å². The van der Waals surface area contributed by atoms with Crippen LogP contribution >= 0.6 is 0 Å². The van der Waals surface area contributed by atoms with E-state index in [9.17, 15) is 8.78 Å². The van der Waals surface area contributed by atoms with Gasteiger partial charge in [0.2, 0.25) is 0 Å². The summed E-state index contributed by atoms with van der Waals surface area (Å²) in [4.78, 5) is 0. The van der Waals surface area contributed by atoms with Crippen molar-refractivity contribution in [2.45, 2.75) is 0 Å². The van der Waals surface area contributed by atoms with Gasteiger partial charge in [-0.25, -0.2) is 8.78 Å². The predicted octanol–water partition coefficient (Wildman–Crippen LogP) is 5.30. The molecule has 0 amide bonds. The Kier molecular flexibility index (Phi) is 3.30. The van der Waals surface area contributed by atoms with Crippen LogP contribution in [0.2, 0.25) is 0 Å². The maximum absolute atomic E-state index is 13.0. The highest BCUT2D eigenvalue weighted by Crippen LogP contribution is 2.32. The van der Waals surface area contributed by atoms with Crippen LogP contribution in [0.1, 0.15) is 0 Å². The summed E-state index contributed by atoms with van der Waals surface area (Å²) in [5.41, 5.74) is 3.87. The zero-order chi connectivity index (χ0) is 13.9. The summed E-state index contributed by atoms with van der Waals surface area (Å²) in [6.07, 6.45) is 0. The third-order valence-corrected chi connectivity index (χ3v) is 3.24. The van der Waals surface area contributed by atoms with Gasteiger partial charge in [0.15, 0.2) is 0 Å². The molecule has 0 atom stereocenters. The van der Waals surface area contributed by atoms with E-state index in [-0.39, 0.29) is 11.6 Å². The SMILES string of the molecule is Fc1ccc(-c2ccccc2-c2ccc(F)cc2)cc1. The summed E-state index contributed by atoms with van der Waals surface area (Å²) in [5, 5.41) is 0. The first-order valence-corrected chi connectivity index (χ1v) is 6.35. The summed E-state index contributed by atoms with van der Waals surface area (Å²) in [6, 6.07) is 20.6. The van der Waals surface area contributed by atoms with Crippen molar-refractivity contribution >= 4 is 0 Å². The molecule has 0 fully saturated rings. The molecule has 98 valence electrons. The standard InChI is InChI=1S/C18H12F2/c19-15-9-5-13(6-10-15)17-3-1-2-4-18(17)14-7-11-16(20)12-8-14/h1-12H. The Bertz CT molecular complexity index is 649. The van der Waals surface area contributed by atoms with Crippen LogP contribution in [-0.4, -0.2) is 0 Å². The monoisotopic (exact) mass is 266 g/mol. The van der Waals surface area contributed by atoms with Crippen LogP contribution in [0.4, 0.5) is 8.78 Å². The van der Waals surface area contributed by atoms with Gasteiger partial charge >= 0.3 is 0 Å². The van der Waals surface area contributed by atoms with Crippen LogP contribution in [0.3, 0.4) is 0 Å². The molecule has 0 saturated heterocycles. The lowest BCUT2D eigenvalue weighted by molar-refractivity contribution is 0.627. The van der Waals surface area contributed by atoms with Gasteiger partial charge in [-0.15, -0.1) is 0 Å². The van der Waals surface area contributed by atoms with Crippen LogP contribution in [0.5, 0.6) is 0 Å². The third kappa shape index (κ3) is 2.45. The molecule has 0 aliphatic heterocycles. The second-order valence-corrected chi connectivity index (χ2v) is 4.56. The fourth-order valence-corrected chi connectivity index (χ4v) is 2.25. The Hall–Kier alpha value is -2.48. The lowest BCUT2D eigenvalue weighted by atomic mass is 9.95. The molecule has 0 nitrogen and oxygen atoms in total. The molecule has 0 aliphatic carbocycles. The van der Waals surface area contributed by atoms with Gasteiger partial charge in [-0.2, -0.15) is 0 Å². The minimum atomic E-state index is -0.256. The Morgan fingerprint density at radius 1 is 0.450 bits per heavy atom. The maximum atomic E-state index is 13.0. The van der Waals surface area contributed by atoms with Crippen molar-refractivity contribution in [1.82, 2.24) is 0 Å². The number of hydrogen-bond acceptors (Lipinski definition) is 0. The lowest BCUT2D eigenvalue weighted by Gasteiger charge is -2.10. The van der Waals surface area contributed by atoms with E-state index in [1.165, 1.54) is 24.3 Å². The number of benzene rings is 3. The minimum absolute atomic E-state index is 0.256. The van der Waals surface area contributed by atoms with Crippen molar-refractivity contribution < 1.29 is 8.78 Å². The molecule has 0 N–H and O–H groups in total. The van der Waals surface area contributed by atoms with Gasteiger partial charge in [0.05, 0.1) is 0 Å². The highest BCUT2D eigenvalue weighted by Gasteiger charge is 2.07. The molecule has 0 heterocycles. The van der Waals surface area contributed by atoms with Crippen molar-refractivity contribution in [3.8, 4) is 22.3 Å². The Labute approximate surface area is 116 Å². The zero-order valence-corrected chi connectivity index (χ0v) is 10.7. The van der Waals surface area contributed by atoms with Crippen LogP contribution in [0, 0.1) is 11.6 Å². The van der Waals surface area contributed by atoms with Crippen molar-refractivity contribution in [3.63, 3.8) is 0 Å². The fourth-order valence-electron chi connectivity index (χ4n) is 2.25. The average molecular weight is 266 g/mol. The fraction of sp³-hybridized carbons (Fsp3) is 0.